The van der Waals surface area contributed by atoms with Gasteiger partial charge in [0.25, 0.3) is 5.91 Å². The molecule has 1 aromatic heterocycles. The summed E-state index contributed by atoms with van der Waals surface area (Å²) in [4.78, 5) is 16.6. The van der Waals surface area contributed by atoms with E-state index in [1.54, 1.807) is 23.9 Å². The average molecular weight is 597 g/mol. The Morgan fingerprint density at radius 2 is 1.84 bits per heavy atom. The number of anilines is 1. The second kappa shape index (κ2) is 18.7. The number of carbonyl (C=O) groups excluding carboxylic acids is 1. The fraction of sp³-hybridized carbons (Fsp3) is 0.429. The van der Waals surface area contributed by atoms with Crippen molar-refractivity contribution < 1.29 is 18.7 Å². The summed E-state index contributed by atoms with van der Waals surface area (Å²) in [5, 5.41) is 14.6. The summed E-state index contributed by atoms with van der Waals surface area (Å²) >= 11 is 0. The largest absolute Gasteiger partial charge is 0.396 e. The molecule has 0 aliphatic rings. The van der Waals surface area contributed by atoms with Gasteiger partial charge in [0.15, 0.2) is 11.6 Å². The smallest absolute Gasteiger partial charge is 0.251 e. The predicted octanol–water partition coefficient (Wildman–Crippen LogP) is 8.50. The topological polar surface area (TPSA) is 79.2 Å². The minimum absolute atomic E-state index is 0.00514. The van der Waals surface area contributed by atoms with Crippen molar-refractivity contribution in [2.24, 2.45) is 5.92 Å². The highest BCUT2D eigenvalue weighted by atomic mass is 19.2. The van der Waals surface area contributed by atoms with Crippen LogP contribution in [0.25, 0.3) is 23.0 Å². The Bertz CT molecular complexity index is 1360. The molecule has 6 nitrogen and oxygen atoms in total. The number of aliphatic hydroxyl groups excluding tert-OH is 1. The van der Waals surface area contributed by atoms with Crippen LogP contribution >= 0.6 is 0 Å². The molecule has 3 aromatic rings. The molecule has 3 rings (SSSR count). The number of aryl methyl sites for hydroxylation is 2. The number of rotatable bonds is 11. The predicted molar refractivity (Wildman–Crippen MR) is 177 cm³/mol. The van der Waals surface area contributed by atoms with Gasteiger partial charge in [0, 0.05) is 37.0 Å². The minimum atomic E-state index is -0.903. The highest BCUT2D eigenvalue weighted by Gasteiger charge is 2.19. The van der Waals surface area contributed by atoms with Gasteiger partial charge in [-0.25, -0.2) is 13.8 Å². The van der Waals surface area contributed by atoms with Gasteiger partial charge in [-0.05, 0) is 82.2 Å². The van der Waals surface area contributed by atoms with Crippen molar-refractivity contribution in [2.45, 2.75) is 80.7 Å². The average Bonchev–Trinajstić information content (AvgIpc) is 3.39. The van der Waals surface area contributed by atoms with E-state index in [4.69, 9.17) is 5.11 Å². The zero-order chi connectivity index (χ0) is 32.7. The molecular formula is C35H50F2N4O2. The van der Waals surface area contributed by atoms with Gasteiger partial charge in [-0.1, -0.05) is 58.0 Å². The van der Waals surface area contributed by atoms with Crippen LogP contribution in [-0.2, 0) is 6.42 Å². The molecule has 2 atom stereocenters. The number of nitrogens with zero attached hydrogens (tertiary/aromatic N) is 2. The van der Waals surface area contributed by atoms with E-state index in [1.165, 1.54) is 23.9 Å². The third-order valence-corrected chi connectivity index (χ3v) is 6.75. The van der Waals surface area contributed by atoms with Gasteiger partial charge in [-0.3, -0.25) is 9.36 Å². The molecule has 1 heterocycles. The van der Waals surface area contributed by atoms with Gasteiger partial charge < -0.3 is 15.7 Å². The van der Waals surface area contributed by atoms with E-state index < -0.39 is 11.6 Å². The number of imidazole rings is 1. The quantitative estimate of drug-likeness (QED) is 0.207. The van der Waals surface area contributed by atoms with Crippen LogP contribution in [0.4, 0.5) is 14.5 Å². The first kappa shape index (κ1) is 37.2. The van der Waals surface area contributed by atoms with Gasteiger partial charge in [-0.2, -0.15) is 0 Å². The van der Waals surface area contributed by atoms with Gasteiger partial charge in [0.05, 0.1) is 17.6 Å². The van der Waals surface area contributed by atoms with Crippen LogP contribution in [0.3, 0.4) is 0 Å². The molecule has 0 spiro atoms. The summed E-state index contributed by atoms with van der Waals surface area (Å²) in [6, 6.07) is 9.12. The number of hydrogen-bond donors (Lipinski definition) is 3. The van der Waals surface area contributed by atoms with Crippen LogP contribution in [-0.4, -0.2) is 40.3 Å². The van der Waals surface area contributed by atoms with E-state index in [0.29, 0.717) is 17.4 Å². The molecule has 0 saturated heterocycles. The summed E-state index contributed by atoms with van der Waals surface area (Å²) in [7, 11) is 1.54. The zero-order valence-corrected chi connectivity index (χ0v) is 27.3. The van der Waals surface area contributed by atoms with Crippen molar-refractivity contribution in [2.75, 3.05) is 19.0 Å². The van der Waals surface area contributed by atoms with Gasteiger partial charge >= 0.3 is 0 Å². The van der Waals surface area contributed by atoms with E-state index in [0.717, 1.165) is 36.0 Å². The number of aromatic nitrogens is 2. The number of nitrogens with one attached hydrogen (secondary N) is 2. The van der Waals surface area contributed by atoms with Crippen LogP contribution in [0.1, 0.15) is 88.6 Å². The number of hydrogen-bond acceptors (Lipinski definition) is 4. The van der Waals surface area contributed by atoms with Crippen molar-refractivity contribution in [3.05, 3.63) is 83.3 Å². The van der Waals surface area contributed by atoms with Gasteiger partial charge in [0.2, 0.25) is 0 Å². The first-order valence-corrected chi connectivity index (χ1v) is 15.0. The highest BCUT2D eigenvalue weighted by molar-refractivity contribution is 5.96. The lowest BCUT2D eigenvalue weighted by Gasteiger charge is -2.19. The molecule has 0 fully saturated rings. The lowest BCUT2D eigenvalue weighted by atomic mass is 9.98. The molecule has 0 bridgehead atoms. The second-order valence-electron chi connectivity index (χ2n) is 10.4. The van der Waals surface area contributed by atoms with Gasteiger partial charge in [-0.15, -0.1) is 0 Å². The first-order valence-electron chi connectivity index (χ1n) is 15.0. The standard InChI is InChI=1S/C17H27NO2.C16H17F2N3.C2H6/c1-5-15-11-12(2)6-7-16(15)17(20)18-14(4)10-13(3)8-9-19;1-5-8-21-13(9-20-16(21)10(2)3)11-6-7-12(19-4)15(18)14(11)17;1-2/h6-7,11,13-14,19H,5,8-10H2,1-4H3,(H,18,20);5-9,19H,2H2,1,3-4H3;1-2H3/b;8-5-;. The molecule has 0 saturated carbocycles. The molecule has 2 unspecified atom stereocenters. The minimum Gasteiger partial charge on any atom is -0.396 e. The summed E-state index contributed by atoms with van der Waals surface area (Å²) in [6.07, 6.45) is 7.59. The van der Waals surface area contributed by atoms with Crippen molar-refractivity contribution in [3.63, 3.8) is 0 Å². The molecule has 8 heteroatoms. The Labute approximate surface area is 257 Å². The van der Waals surface area contributed by atoms with Crippen molar-refractivity contribution in [3.8, 4) is 11.3 Å². The molecule has 3 N–H and O–H groups in total. The molecule has 2 aromatic carbocycles. The van der Waals surface area contributed by atoms with Crippen LogP contribution in [0.5, 0.6) is 0 Å². The van der Waals surface area contributed by atoms with E-state index in [2.05, 4.69) is 42.1 Å². The maximum absolute atomic E-state index is 14.3. The number of halogens is 2. The molecular weight excluding hydrogens is 546 g/mol. The molecule has 43 heavy (non-hydrogen) atoms. The number of benzene rings is 2. The summed E-state index contributed by atoms with van der Waals surface area (Å²) in [6.45, 7) is 19.9. The fourth-order valence-corrected chi connectivity index (χ4v) is 4.66. The summed E-state index contributed by atoms with van der Waals surface area (Å²) in [5.41, 5.74) is 4.55. The second-order valence-corrected chi connectivity index (χ2v) is 10.4. The van der Waals surface area contributed by atoms with E-state index in [9.17, 15) is 13.6 Å². The Morgan fingerprint density at radius 1 is 1.16 bits per heavy atom. The molecule has 0 aliphatic carbocycles. The monoisotopic (exact) mass is 596 g/mol. The zero-order valence-electron chi connectivity index (χ0n) is 27.3. The first-order chi connectivity index (χ1) is 20.5. The third kappa shape index (κ3) is 10.5. The van der Waals surface area contributed by atoms with E-state index in [-0.39, 0.29) is 29.8 Å². The van der Waals surface area contributed by atoms with Crippen LogP contribution in [0.2, 0.25) is 0 Å². The normalized spacial score (nSPS) is 12.0. The van der Waals surface area contributed by atoms with E-state index >= 15 is 0 Å². The van der Waals surface area contributed by atoms with Crippen molar-refractivity contribution >= 4 is 23.4 Å². The summed E-state index contributed by atoms with van der Waals surface area (Å²) < 4.78 is 29.9. The van der Waals surface area contributed by atoms with Crippen LogP contribution in [0, 0.1) is 24.5 Å². The molecule has 0 aliphatic heterocycles. The Morgan fingerprint density at radius 3 is 2.40 bits per heavy atom. The van der Waals surface area contributed by atoms with Gasteiger partial charge in [0.1, 0.15) is 5.82 Å². The molecule has 1 amide bonds. The Balaban J connectivity index is 0.000000407. The number of amides is 1. The maximum Gasteiger partial charge on any atom is 0.251 e. The summed E-state index contributed by atoms with van der Waals surface area (Å²) in [5.74, 6) is -0.772. The third-order valence-electron chi connectivity index (χ3n) is 6.75. The van der Waals surface area contributed by atoms with E-state index in [1.807, 2.05) is 53.7 Å². The highest BCUT2D eigenvalue weighted by Crippen LogP contribution is 2.30. The lowest BCUT2D eigenvalue weighted by Crippen LogP contribution is -2.34. The number of aliphatic hydroxyl groups is 1. The Kier molecular flexibility index (Phi) is 16.2. The van der Waals surface area contributed by atoms with Crippen molar-refractivity contribution in [1.82, 2.24) is 14.9 Å². The number of carbonyl (C=O) groups is 1. The van der Waals surface area contributed by atoms with Crippen molar-refractivity contribution in [1.29, 1.82) is 0 Å². The SMILES string of the molecule is C=C(C)c1ncc(-c2ccc(NC)c(F)c2F)n1/C=C\C.CC.CCc1cc(C)ccc1C(=O)NC(C)CC(C)CCO. The van der Waals surface area contributed by atoms with Crippen LogP contribution in [0.15, 0.2) is 49.2 Å². The molecule has 0 radical (unpaired) electrons. The lowest BCUT2D eigenvalue weighted by molar-refractivity contribution is 0.0933. The maximum atomic E-state index is 14.3. The fourth-order valence-electron chi connectivity index (χ4n) is 4.66. The Hall–Kier alpha value is -3.78. The molecule has 236 valence electrons. The number of allylic oxidation sites excluding steroid dienone is 2. The van der Waals surface area contributed by atoms with Crippen LogP contribution < -0.4 is 10.6 Å².